The number of rotatable bonds is 17. The number of nitriles is 1. The zero-order valence-corrected chi connectivity index (χ0v) is 30.4. The van der Waals surface area contributed by atoms with E-state index >= 15 is 0 Å². The summed E-state index contributed by atoms with van der Waals surface area (Å²) >= 11 is 0. The number of nitrogens with zero attached hydrogens (tertiary/aromatic N) is 3. The van der Waals surface area contributed by atoms with Gasteiger partial charge >= 0.3 is 0 Å². The van der Waals surface area contributed by atoms with Gasteiger partial charge in [-0.2, -0.15) is 5.26 Å². The Morgan fingerprint density at radius 3 is 2.43 bits per heavy atom. The lowest BCUT2D eigenvalue weighted by molar-refractivity contribution is -0.209. The van der Waals surface area contributed by atoms with Crippen molar-refractivity contribution in [1.29, 1.82) is 5.26 Å². The van der Waals surface area contributed by atoms with E-state index in [0.29, 0.717) is 41.9 Å². The van der Waals surface area contributed by atoms with E-state index in [-0.39, 0.29) is 35.0 Å². The van der Waals surface area contributed by atoms with E-state index in [1.165, 1.54) is 56.8 Å². The Balaban J connectivity index is 1.52. The van der Waals surface area contributed by atoms with Crippen molar-refractivity contribution in [1.82, 2.24) is 5.32 Å². The normalized spacial score (nSPS) is 35.8. The molecule has 0 aromatic carbocycles. The fraction of sp³-hybridized carbons (Fsp3) is 0.756. The molecule has 4 fully saturated rings. The van der Waals surface area contributed by atoms with Crippen LogP contribution in [0.4, 0.5) is 0 Å². The van der Waals surface area contributed by atoms with Crippen molar-refractivity contribution < 1.29 is 19.0 Å². The molecule has 49 heavy (non-hydrogen) atoms. The van der Waals surface area contributed by atoms with Gasteiger partial charge in [0, 0.05) is 24.3 Å². The average molecular weight is 673 g/mol. The number of allylic oxidation sites excluding steroid dienone is 1. The molecule has 0 aromatic rings. The molecule has 8 nitrogen and oxygen atoms in total. The largest absolute Gasteiger partial charge is 0.510 e. The number of hydrogen-bond donors (Lipinski definition) is 1. The summed E-state index contributed by atoms with van der Waals surface area (Å²) in [5.74, 6) is 2.31. The average Bonchev–Trinajstić information content (AvgIpc) is 3.45. The van der Waals surface area contributed by atoms with Crippen molar-refractivity contribution in [2.45, 2.75) is 142 Å². The Kier molecular flexibility index (Phi) is 14.5. The van der Waals surface area contributed by atoms with Crippen LogP contribution < -0.4 is 5.32 Å². The van der Waals surface area contributed by atoms with Crippen LogP contribution in [0.25, 0.3) is 9.69 Å². The second-order valence-corrected chi connectivity index (χ2v) is 15.7. The van der Waals surface area contributed by atoms with Crippen molar-refractivity contribution in [2.75, 3.05) is 6.54 Å². The van der Waals surface area contributed by atoms with Crippen molar-refractivity contribution in [2.24, 2.45) is 46.3 Å². The van der Waals surface area contributed by atoms with E-state index in [1.54, 1.807) is 12.5 Å². The topological polar surface area (TPSA) is 89.3 Å². The third kappa shape index (κ3) is 9.03. The van der Waals surface area contributed by atoms with Gasteiger partial charge in [-0.25, -0.2) is 9.69 Å². The quantitative estimate of drug-likeness (QED) is 0.0719. The van der Waals surface area contributed by atoms with Crippen molar-refractivity contribution in [3.63, 3.8) is 0 Å². The summed E-state index contributed by atoms with van der Waals surface area (Å²) in [6, 6.07) is 2.10. The lowest BCUT2D eigenvalue weighted by Crippen LogP contribution is -2.63. The van der Waals surface area contributed by atoms with Crippen LogP contribution in [0.3, 0.4) is 0 Å². The van der Waals surface area contributed by atoms with E-state index < -0.39 is 0 Å². The van der Waals surface area contributed by atoms with Crippen molar-refractivity contribution >= 4 is 5.91 Å². The molecule has 268 valence electrons. The Bertz CT molecular complexity index is 1290. The monoisotopic (exact) mass is 672 g/mol. The van der Waals surface area contributed by atoms with Crippen molar-refractivity contribution in [3.8, 4) is 6.07 Å². The van der Waals surface area contributed by atoms with Crippen LogP contribution in [0.2, 0.25) is 0 Å². The molecule has 4 rings (SSSR count). The van der Waals surface area contributed by atoms with E-state index in [4.69, 9.17) is 27.4 Å². The minimum absolute atomic E-state index is 0.0175. The minimum atomic E-state index is -0.142. The Hall–Kier alpha value is -3.44. The van der Waals surface area contributed by atoms with Gasteiger partial charge in [0.25, 0.3) is 0 Å². The zero-order valence-electron chi connectivity index (χ0n) is 30.4. The Morgan fingerprint density at radius 1 is 0.959 bits per heavy atom. The smallest absolute Gasteiger partial charge is 0.220 e. The molecular weight excluding hydrogens is 612 g/mol. The van der Waals surface area contributed by atoms with Crippen LogP contribution in [0.5, 0.6) is 0 Å². The summed E-state index contributed by atoms with van der Waals surface area (Å²) in [6.45, 7) is 24.6. The van der Waals surface area contributed by atoms with Gasteiger partial charge in [-0.3, -0.25) is 4.79 Å². The van der Waals surface area contributed by atoms with Crippen molar-refractivity contribution in [3.05, 3.63) is 60.1 Å². The highest BCUT2D eigenvalue weighted by Crippen LogP contribution is 2.69. The molecule has 0 heterocycles. The number of nitrogens with one attached hydrogen (secondary N) is 1. The van der Waals surface area contributed by atoms with E-state index in [2.05, 4.69) is 48.8 Å². The highest BCUT2D eigenvalue weighted by atomic mass is 16.5. The molecule has 4 aliphatic rings. The van der Waals surface area contributed by atoms with Gasteiger partial charge in [0.2, 0.25) is 5.91 Å². The number of ether oxygens (including phenoxy) is 3. The predicted molar refractivity (Wildman–Crippen MR) is 192 cm³/mol. The first-order valence-electron chi connectivity index (χ1n) is 19.0. The second kappa shape index (κ2) is 18.5. The van der Waals surface area contributed by atoms with Crippen LogP contribution in [0, 0.1) is 70.8 Å². The minimum Gasteiger partial charge on any atom is -0.510 e. The van der Waals surface area contributed by atoms with Gasteiger partial charge in [-0.1, -0.05) is 59.8 Å². The predicted octanol–water partition coefficient (Wildman–Crippen LogP) is 9.73. The van der Waals surface area contributed by atoms with Crippen LogP contribution in [0.15, 0.2) is 37.3 Å². The Morgan fingerprint density at radius 2 is 1.69 bits per heavy atom. The molecule has 0 spiro atoms. The van der Waals surface area contributed by atoms with Gasteiger partial charge in [0.05, 0.1) is 50.2 Å². The fourth-order valence-corrected chi connectivity index (χ4v) is 10.8. The summed E-state index contributed by atoms with van der Waals surface area (Å²) in [4.78, 5) is 19.6. The molecule has 1 N–H and O–H groups in total. The SMILES string of the molecule is [C-]#[N+]/C=C/O[C@@H]1CC[C@@]2(C)C(C1)C[C@@H](O/C=C/C#N)C1[C@@H]3CC[C@H]([C@H](C)CCC(=O)NCCCCCCCC)[C@@]3(C)[C@@H](O/C=C/[N+]#[C-])C[C@@H]12. The summed E-state index contributed by atoms with van der Waals surface area (Å²) in [7, 11) is 0. The maximum atomic E-state index is 12.9. The van der Waals surface area contributed by atoms with Gasteiger partial charge in [0.1, 0.15) is 12.2 Å². The molecule has 0 aliphatic heterocycles. The maximum absolute atomic E-state index is 12.9. The molecule has 0 aromatic heterocycles. The first-order valence-corrected chi connectivity index (χ1v) is 19.0. The summed E-state index contributed by atoms with van der Waals surface area (Å²) in [6.07, 6.45) is 24.5. The van der Waals surface area contributed by atoms with E-state index in [1.807, 2.05) is 0 Å². The number of amides is 1. The molecule has 0 bridgehead atoms. The summed E-state index contributed by atoms with van der Waals surface area (Å²) < 4.78 is 19.1. The summed E-state index contributed by atoms with van der Waals surface area (Å²) in [5.41, 5.74) is -0.0619. The zero-order chi connectivity index (χ0) is 35.3. The Labute approximate surface area is 296 Å². The molecule has 4 saturated carbocycles. The number of carbonyl (C=O) groups excluding carboxylic acids is 1. The van der Waals surface area contributed by atoms with Crippen LogP contribution in [-0.4, -0.2) is 30.8 Å². The fourth-order valence-electron chi connectivity index (χ4n) is 10.8. The standard InChI is InChI=1S/C41H60N4O4/c1-7-8-9-10-11-12-21-45-38(46)17-14-30(2)33-15-16-34-39-35(29-37(41(33,34)4)49-26-23-44-6)40(3)19-18-32(47-25-22-43-5)27-31(40)28-36(39)48-24-13-20-42/h13,22-26,30-37,39H,7-12,14-19,21,27-29H2,1-4H3,(H,45,46)/b24-13+,25-22+,26-23+/t30-,31?,32-,33-,34+,35+,36-,37+,39?,40+,41-/m1/s1. The van der Waals surface area contributed by atoms with Gasteiger partial charge < -0.3 is 19.5 Å². The third-order valence-electron chi connectivity index (χ3n) is 13.3. The number of hydrogen-bond acceptors (Lipinski definition) is 5. The molecule has 0 saturated heterocycles. The molecule has 11 atom stereocenters. The lowest BCUT2D eigenvalue weighted by Gasteiger charge is -2.64. The lowest BCUT2D eigenvalue weighted by atomic mass is 9.43. The van der Waals surface area contributed by atoms with Gasteiger partial charge in [-0.15, -0.1) is 0 Å². The first-order chi connectivity index (χ1) is 23.7. The van der Waals surface area contributed by atoms with Crippen LogP contribution in [0.1, 0.15) is 124 Å². The van der Waals surface area contributed by atoms with Crippen LogP contribution in [-0.2, 0) is 19.0 Å². The third-order valence-corrected chi connectivity index (χ3v) is 13.3. The molecule has 2 unspecified atom stereocenters. The molecule has 4 aliphatic carbocycles. The highest BCUT2D eigenvalue weighted by Gasteiger charge is 2.67. The molecule has 0 radical (unpaired) electrons. The molecule has 8 heteroatoms. The van der Waals surface area contributed by atoms with E-state index in [0.717, 1.165) is 64.3 Å². The van der Waals surface area contributed by atoms with E-state index in [9.17, 15) is 10.1 Å². The van der Waals surface area contributed by atoms with Gasteiger partial charge in [-0.05, 0) is 92.8 Å². The van der Waals surface area contributed by atoms with Crippen LogP contribution >= 0.6 is 0 Å². The number of carbonyl (C=O) groups is 1. The summed E-state index contributed by atoms with van der Waals surface area (Å²) in [5, 5.41) is 12.4. The first kappa shape index (κ1) is 38.4. The molecule has 1 amide bonds. The van der Waals surface area contributed by atoms with Gasteiger partial charge in [0.15, 0.2) is 12.4 Å². The second-order valence-electron chi connectivity index (χ2n) is 15.7. The highest BCUT2D eigenvalue weighted by molar-refractivity contribution is 5.75. The molecular formula is C41H60N4O4. The number of unbranched alkanes of at least 4 members (excludes halogenated alkanes) is 5. The number of fused-ring (bicyclic) bond motifs is 5. The maximum Gasteiger partial charge on any atom is 0.220 e.